The molecule has 1 aromatic rings. The number of alkyl halides is 3. The zero-order valence-electron chi connectivity index (χ0n) is 14.9. The summed E-state index contributed by atoms with van der Waals surface area (Å²) in [5, 5.41) is 0. The molecule has 1 amide bonds. The standard InChI is InChI=1S/C19H24F3N3O/c1-18(11-25(12-18)14-4-5-14)17(26)24-9-6-13(7-10-24)15-3-2-8-23-16(15)19(20,21)22/h2-3,8,13-14H,4-7,9-12H2,1H3. The van der Waals surface area contributed by atoms with E-state index >= 15 is 0 Å². The van der Waals surface area contributed by atoms with Crippen LogP contribution in [-0.2, 0) is 11.0 Å². The molecule has 4 rings (SSSR count). The first-order valence-corrected chi connectivity index (χ1v) is 9.33. The molecular formula is C19H24F3N3O. The van der Waals surface area contributed by atoms with E-state index in [2.05, 4.69) is 9.88 Å². The smallest absolute Gasteiger partial charge is 0.342 e. The Morgan fingerprint density at radius 3 is 2.42 bits per heavy atom. The Morgan fingerprint density at radius 1 is 1.19 bits per heavy atom. The Balaban J connectivity index is 1.38. The summed E-state index contributed by atoms with van der Waals surface area (Å²) in [5.74, 6) is -0.0309. The van der Waals surface area contributed by atoms with E-state index in [0.717, 1.165) is 13.1 Å². The number of amides is 1. The van der Waals surface area contributed by atoms with Crippen LogP contribution in [0.2, 0.25) is 0 Å². The van der Waals surface area contributed by atoms with Gasteiger partial charge in [-0.1, -0.05) is 6.07 Å². The van der Waals surface area contributed by atoms with Crippen molar-refractivity contribution in [1.82, 2.24) is 14.8 Å². The van der Waals surface area contributed by atoms with Gasteiger partial charge in [-0.05, 0) is 50.2 Å². The molecule has 0 bridgehead atoms. The van der Waals surface area contributed by atoms with Crippen molar-refractivity contribution in [2.75, 3.05) is 26.2 Å². The van der Waals surface area contributed by atoms with Crippen LogP contribution in [0.3, 0.4) is 0 Å². The van der Waals surface area contributed by atoms with Gasteiger partial charge in [0, 0.05) is 38.4 Å². The molecule has 0 radical (unpaired) electrons. The Kier molecular flexibility index (Phi) is 4.25. The van der Waals surface area contributed by atoms with Gasteiger partial charge in [0.2, 0.25) is 5.91 Å². The van der Waals surface area contributed by atoms with E-state index in [0.29, 0.717) is 32.0 Å². The molecule has 1 aliphatic carbocycles. The lowest BCUT2D eigenvalue weighted by molar-refractivity contribution is -0.153. The lowest BCUT2D eigenvalue weighted by Crippen LogP contribution is -2.63. The molecule has 3 heterocycles. The molecule has 3 fully saturated rings. The van der Waals surface area contributed by atoms with Crippen LogP contribution in [0, 0.1) is 5.41 Å². The van der Waals surface area contributed by atoms with E-state index in [1.807, 2.05) is 11.8 Å². The minimum Gasteiger partial charge on any atom is -0.342 e. The second kappa shape index (κ2) is 6.22. The summed E-state index contributed by atoms with van der Waals surface area (Å²) in [6.07, 6.45) is 0.347. The fourth-order valence-corrected chi connectivity index (χ4v) is 4.44. The highest BCUT2D eigenvalue weighted by Crippen LogP contribution is 2.42. The average Bonchev–Trinajstić information content (AvgIpc) is 3.42. The maximum absolute atomic E-state index is 13.2. The van der Waals surface area contributed by atoms with Crippen LogP contribution in [0.5, 0.6) is 0 Å². The van der Waals surface area contributed by atoms with E-state index in [1.165, 1.54) is 25.1 Å². The summed E-state index contributed by atoms with van der Waals surface area (Å²) in [7, 11) is 0. The number of hydrogen-bond donors (Lipinski definition) is 0. The number of nitrogens with zero attached hydrogens (tertiary/aromatic N) is 3. The molecular weight excluding hydrogens is 343 g/mol. The zero-order chi connectivity index (χ0) is 18.5. The number of likely N-dealkylation sites (tertiary alicyclic amines) is 2. The SMILES string of the molecule is CC1(C(=O)N2CCC(c3cccnc3C(F)(F)F)CC2)CN(C2CC2)C1. The van der Waals surface area contributed by atoms with Gasteiger partial charge in [-0.15, -0.1) is 0 Å². The molecule has 0 aromatic carbocycles. The molecule has 3 aliphatic rings. The van der Waals surface area contributed by atoms with Gasteiger partial charge in [0.25, 0.3) is 0 Å². The molecule has 142 valence electrons. The topological polar surface area (TPSA) is 36.4 Å². The van der Waals surface area contributed by atoms with Gasteiger partial charge >= 0.3 is 6.18 Å². The van der Waals surface area contributed by atoms with Crippen molar-refractivity contribution >= 4 is 5.91 Å². The van der Waals surface area contributed by atoms with Crippen LogP contribution in [0.1, 0.15) is 49.8 Å². The van der Waals surface area contributed by atoms with E-state index in [-0.39, 0.29) is 22.8 Å². The molecule has 2 aliphatic heterocycles. The number of halogens is 3. The van der Waals surface area contributed by atoms with Gasteiger partial charge in [-0.2, -0.15) is 13.2 Å². The maximum atomic E-state index is 13.2. The first kappa shape index (κ1) is 17.8. The Bertz CT molecular complexity index is 688. The largest absolute Gasteiger partial charge is 0.433 e. The quantitative estimate of drug-likeness (QED) is 0.823. The van der Waals surface area contributed by atoms with Crippen LogP contribution < -0.4 is 0 Å². The molecule has 7 heteroatoms. The number of hydrogen-bond acceptors (Lipinski definition) is 3. The van der Waals surface area contributed by atoms with Crippen molar-refractivity contribution in [3.63, 3.8) is 0 Å². The highest BCUT2D eigenvalue weighted by molar-refractivity contribution is 5.84. The molecule has 2 saturated heterocycles. The Labute approximate surface area is 151 Å². The second-order valence-corrected chi connectivity index (χ2v) is 8.20. The lowest BCUT2D eigenvalue weighted by atomic mass is 9.79. The van der Waals surface area contributed by atoms with Crippen molar-refractivity contribution in [2.24, 2.45) is 5.41 Å². The molecule has 0 unspecified atom stereocenters. The van der Waals surface area contributed by atoms with Gasteiger partial charge in [0.05, 0.1) is 5.41 Å². The minimum atomic E-state index is -4.44. The third-order valence-electron chi connectivity index (χ3n) is 6.01. The van der Waals surface area contributed by atoms with Crippen molar-refractivity contribution in [3.8, 4) is 0 Å². The van der Waals surface area contributed by atoms with Gasteiger partial charge in [0.15, 0.2) is 0 Å². The second-order valence-electron chi connectivity index (χ2n) is 8.20. The number of aromatic nitrogens is 1. The number of carbonyl (C=O) groups is 1. The summed E-state index contributed by atoms with van der Waals surface area (Å²) in [5.41, 5.74) is -0.835. The molecule has 1 aromatic heterocycles. The molecule has 26 heavy (non-hydrogen) atoms. The maximum Gasteiger partial charge on any atom is 0.433 e. The molecule has 4 nitrogen and oxygen atoms in total. The Morgan fingerprint density at radius 2 is 1.85 bits per heavy atom. The highest BCUT2D eigenvalue weighted by Gasteiger charge is 2.51. The summed E-state index contributed by atoms with van der Waals surface area (Å²) in [6.45, 7) is 4.70. The first-order valence-electron chi connectivity index (χ1n) is 9.33. The molecule has 0 atom stereocenters. The summed E-state index contributed by atoms with van der Waals surface area (Å²) < 4.78 is 39.6. The van der Waals surface area contributed by atoms with Gasteiger partial charge < -0.3 is 4.90 Å². The van der Waals surface area contributed by atoms with Crippen molar-refractivity contribution in [2.45, 2.75) is 50.7 Å². The number of carbonyl (C=O) groups excluding carboxylic acids is 1. The highest BCUT2D eigenvalue weighted by atomic mass is 19.4. The van der Waals surface area contributed by atoms with Crippen LogP contribution >= 0.6 is 0 Å². The van der Waals surface area contributed by atoms with E-state index in [1.54, 1.807) is 6.07 Å². The summed E-state index contributed by atoms with van der Waals surface area (Å²) in [6, 6.07) is 3.76. The van der Waals surface area contributed by atoms with Gasteiger partial charge in [0.1, 0.15) is 5.69 Å². The molecule has 1 saturated carbocycles. The Hall–Kier alpha value is -1.63. The first-order chi connectivity index (χ1) is 12.3. The fourth-order valence-electron chi connectivity index (χ4n) is 4.44. The fraction of sp³-hybridized carbons (Fsp3) is 0.684. The number of piperidine rings is 1. The minimum absolute atomic E-state index is 0.162. The van der Waals surface area contributed by atoms with Crippen molar-refractivity contribution < 1.29 is 18.0 Å². The molecule has 0 N–H and O–H groups in total. The van der Waals surface area contributed by atoms with Gasteiger partial charge in [-0.3, -0.25) is 14.7 Å². The average molecular weight is 367 g/mol. The number of rotatable bonds is 3. The van der Waals surface area contributed by atoms with Crippen LogP contribution in [-0.4, -0.2) is 52.9 Å². The van der Waals surface area contributed by atoms with Crippen LogP contribution in [0.15, 0.2) is 18.3 Å². The van der Waals surface area contributed by atoms with Gasteiger partial charge in [-0.25, -0.2) is 0 Å². The zero-order valence-corrected chi connectivity index (χ0v) is 14.9. The number of pyridine rings is 1. The molecule has 0 spiro atoms. The van der Waals surface area contributed by atoms with Crippen LogP contribution in [0.25, 0.3) is 0 Å². The van der Waals surface area contributed by atoms with E-state index in [4.69, 9.17) is 0 Å². The summed E-state index contributed by atoms with van der Waals surface area (Å²) >= 11 is 0. The lowest BCUT2D eigenvalue weighted by Gasteiger charge is -2.49. The third kappa shape index (κ3) is 3.21. The van der Waals surface area contributed by atoms with Crippen molar-refractivity contribution in [1.29, 1.82) is 0 Å². The van der Waals surface area contributed by atoms with Crippen LogP contribution in [0.4, 0.5) is 13.2 Å². The summed E-state index contributed by atoms with van der Waals surface area (Å²) in [4.78, 5) is 20.7. The normalized spacial score (nSPS) is 24.4. The monoisotopic (exact) mass is 367 g/mol. The van der Waals surface area contributed by atoms with Crippen molar-refractivity contribution in [3.05, 3.63) is 29.6 Å². The predicted octanol–water partition coefficient (Wildman–Crippen LogP) is 3.29. The van der Waals surface area contributed by atoms with E-state index < -0.39 is 11.9 Å². The third-order valence-corrected chi connectivity index (χ3v) is 6.01. The van der Waals surface area contributed by atoms with E-state index in [9.17, 15) is 18.0 Å². The predicted molar refractivity (Wildman–Crippen MR) is 90.5 cm³/mol.